The lowest BCUT2D eigenvalue weighted by Gasteiger charge is -2.10. The van der Waals surface area contributed by atoms with Gasteiger partial charge in [0.2, 0.25) is 0 Å². The molecule has 94 valence electrons. The molecule has 1 heterocycles. The molecule has 0 amide bonds. The first-order chi connectivity index (χ1) is 8.79. The molecule has 0 aliphatic rings. The van der Waals surface area contributed by atoms with Gasteiger partial charge in [-0.3, -0.25) is 4.98 Å². The van der Waals surface area contributed by atoms with Crippen LogP contribution in [0.2, 0.25) is 0 Å². The average Bonchev–Trinajstić information content (AvgIpc) is 2.39. The Bertz CT molecular complexity index is 497. The minimum atomic E-state index is -0.193. The monoisotopic (exact) mass is 244 g/mol. The lowest BCUT2D eigenvalue weighted by atomic mass is 10.0. The van der Waals surface area contributed by atoms with Crippen molar-refractivity contribution in [3.8, 4) is 0 Å². The van der Waals surface area contributed by atoms with E-state index in [1.807, 2.05) is 24.3 Å². The highest BCUT2D eigenvalue weighted by molar-refractivity contribution is 5.31. The summed E-state index contributed by atoms with van der Waals surface area (Å²) in [7, 11) is 0. The lowest BCUT2D eigenvalue weighted by molar-refractivity contribution is 0.622. The van der Waals surface area contributed by atoms with Crippen LogP contribution in [0.3, 0.4) is 0 Å². The van der Waals surface area contributed by atoms with E-state index in [1.165, 1.54) is 6.07 Å². The second-order valence-electron chi connectivity index (χ2n) is 4.19. The first kappa shape index (κ1) is 12.7. The molecule has 2 aromatic rings. The van der Waals surface area contributed by atoms with Crippen molar-refractivity contribution in [1.29, 1.82) is 0 Å². The average molecular weight is 244 g/mol. The molecule has 1 aromatic heterocycles. The molecule has 0 radical (unpaired) electrons. The molecular weight excluding hydrogens is 227 g/mol. The number of pyridine rings is 1. The highest BCUT2D eigenvalue weighted by Crippen LogP contribution is 2.15. The van der Waals surface area contributed by atoms with E-state index in [0.29, 0.717) is 6.42 Å². The van der Waals surface area contributed by atoms with Crippen LogP contribution in [-0.4, -0.2) is 11.5 Å². The van der Waals surface area contributed by atoms with Crippen molar-refractivity contribution in [2.75, 3.05) is 6.54 Å². The van der Waals surface area contributed by atoms with E-state index in [-0.39, 0.29) is 5.82 Å². The van der Waals surface area contributed by atoms with Crippen LogP contribution in [0.4, 0.5) is 4.39 Å². The maximum Gasteiger partial charge on any atom is 0.123 e. The van der Waals surface area contributed by atoms with E-state index < -0.39 is 0 Å². The van der Waals surface area contributed by atoms with Crippen LogP contribution in [0.1, 0.15) is 23.7 Å². The fourth-order valence-electron chi connectivity index (χ4n) is 1.89. The molecular formula is C15H17FN2. The van der Waals surface area contributed by atoms with Gasteiger partial charge in [-0.15, -0.1) is 0 Å². The number of rotatable bonds is 5. The SMILES string of the molecule is CCNCc1ccc(F)cc1Cc1ccccn1. The molecule has 0 atom stereocenters. The molecule has 1 aromatic carbocycles. The van der Waals surface area contributed by atoms with Crippen LogP contribution >= 0.6 is 0 Å². The third-order valence-corrected chi connectivity index (χ3v) is 2.83. The topological polar surface area (TPSA) is 24.9 Å². The normalized spacial score (nSPS) is 10.6. The number of nitrogens with one attached hydrogen (secondary N) is 1. The second-order valence-corrected chi connectivity index (χ2v) is 4.19. The van der Waals surface area contributed by atoms with Crippen LogP contribution in [0, 0.1) is 5.82 Å². The number of hydrogen-bond donors (Lipinski definition) is 1. The molecule has 0 aliphatic heterocycles. The van der Waals surface area contributed by atoms with Gasteiger partial charge >= 0.3 is 0 Å². The van der Waals surface area contributed by atoms with Gasteiger partial charge in [-0.1, -0.05) is 19.1 Å². The molecule has 0 bridgehead atoms. The van der Waals surface area contributed by atoms with Gasteiger partial charge < -0.3 is 5.32 Å². The van der Waals surface area contributed by atoms with E-state index in [1.54, 1.807) is 12.3 Å². The Hall–Kier alpha value is -1.74. The lowest BCUT2D eigenvalue weighted by Crippen LogP contribution is -2.13. The Kier molecular flexibility index (Phi) is 4.42. The van der Waals surface area contributed by atoms with Gasteiger partial charge in [-0.2, -0.15) is 0 Å². The van der Waals surface area contributed by atoms with Crippen LogP contribution in [0.15, 0.2) is 42.6 Å². The predicted octanol–water partition coefficient (Wildman–Crippen LogP) is 2.92. The van der Waals surface area contributed by atoms with E-state index in [9.17, 15) is 4.39 Å². The zero-order valence-electron chi connectivity index (χ0n) is 10.5. The Labute approximate surface area is 107 Å². The molecule has 0 aliphatic carbocycles. The maximum absolute atomic E-state index is 13.3. The van der Waals surface area contributed by atoms with E-state index >= 15 is 0 Å². The van der Waals surface area contributed by atoms with Crippen molar-refractivity contribution < 1.29 is 4.39 Å². The summed E-state index contributed by atoms with van der Waals surface area (Å²) in [4.78, 5) is 4.28. The largest absolute Gasteiger partial charge is 0.313 e. The van der Waals surface area contributed by atoms with Gasteiger partial charge in [0.15, 0.2) is 0 Å². The fourth-order valence-corrected chi connectivity index (χ4v) is 1.89. The summed E-state index contributed by atoms with van der Waals surface area (Å²) < 4.78 is 13.3. The number of nitrogens with zero attached hydrogens (tertiary/aromatic N) is 1. The quantitative estimate of drug-likeness (QED) is 0.874. The van der Waals surface area contributed by atoms with Crippen molar-refractivity contribution in [2.45, 2.75) is 19.9 Å². The van der Waals surface area contributed by atoms with E-state index in [4.69, 9.17) is 0 Å². The molecule has 0 fully saturated rings. The zero-order chi connectivity index (χ0) is 12.8. The highest BCUT2D eigenvalue weighted by Gasteiger charge is 2.05. The van der Waals surface area contributed by atoms with Gasteiger partial charge in [0, 0.05) is 24.9 Å². The molecule has 0 saturated heterocycles. The minimum Gasteiger partial charge on any atom is -0.313 e. The summed E-state index contributed by atoms with van der Waals surface area (Å²) in [5, 5.41) is 3.27. The summed E-state index contributed by atoms with van der Waals surface area (Å²) in [6.45, 7) is 3.72. The third-order valence-electron chi connectivity index (χ3n) is 2.83. The Morgan fingerprint density at radius 3 is 2.78 bits per heavy atom. The molecule has 0 unspecified atom stereocenters. The number of aromatic nitrogens is 1. The van der Waals surface area contributed by atoms with Gasteiger partial charge in [0.25, 0.3) is 0 Å². The second kappa shape index (κ2) is 6.26. The number of halogens is 1. The first-order valence-corrected chi connectivity index (χ1v) is 6.17. The predicted molar refractivity (Wildman–Crippen MR) is 70.8 cm³/mol. The van der Waals surface area contributed by atoms with Crippen molar-refractivity contribution in [3.05, 3.63) is 65.2 Å². The third kappa shape index (κ3) is 3.37. The van der Waals surface area contributed by atoms with Crippen molar-refractivity contribution in [3.63, 3.8) is 0 Å². The van der Waals surface area contributed by atoms with Gasteiger partial charge in [-0.25, -0.2) is 4.39 Å². The molecule has 3 heteroatoms. The first-order valence-electron chi connectivity index (χ1n) is 6.17. The molecule has 1 N–H and O–H groups in total. The van der Waals surface area contributed by atoms with E-state index in [0.717, 1.165) is 29.9 Å². The van der Waals surface area contributed by atoms with Gasteiger partial charge in [0.05, 0.1) is 0 Å². The molecule has 0 spiro atoms. The number of hydrogen-bond acceptors (Lipinski definition) is 2. The van der Waals surface area contributed by atoms with Crippen LogP contribution < -0.4 is 5.32 Å². The van der Waals surface area contributed by atoms with Crippen molar-refractivity contribution >= 4 is 0 Å². The van der Waals surface area contributed by atoms with Gasteiger partial charge in [0.1, 0.15) is 5.82 Å². The van der Waals surface area contributed by atoms with E-state index in [2.05, 4.69) is 17.2 Å². The van der Waals surface area contributed by atoms with Crippen LogP contribution in [0.25, 0.3) is 0 Å². The highest BCUT2D eigenvalue weighted by atomic mass is 19.1. The Morgan fingerprint density at radius 2 is 2.06 bits per heavy atom. The summed E-state index contributed by atoms with van der Waals surface area (Å²) >= 11 is 0. The molecule has 0 saturated carbocycles. The van der Waals surface area contributed by atoms with Crippen LogP contribution in [0.5, 0.6) is 0 Å². The number of benzene rings is 1. The maximum atomic E-state index is 13.3. The zero-order valence-corrected chi connectivity index (χ0v) is 10.5. The summed E-state index contributed by atoms with van der Waals surface area (Å²) in [5.74, 6) is -0.193. The smallest absolute Gasteiger partial charge is 0.123 e. The van der Waals surface area contributed by atoms with Gasteiger partial charge in [-0.05, 0) is 41.9 Å². The molecule has 18 heavy (non-hydrogen) atoms. The Balaban J connectivity index is 2.22. The standard InChI is InChI=1S/C15H17FN2/c1-2-17-11-12-6-7-14(16)9-13(12)10-15-5-3-4-8-18-15/h3-9,17H,2,10-11H2,1H3. The fraction of sp³-hybridized carbons (Fsp3) is 0.267. The molecule has 2 rings (SSSR count). The van der Waals surface area contributed by atoms with Crippen molar-refractivity contribution in [1.82, 2.24) is 10.3 Å². The van der Waals surface area contributed by atoms with Crippen molar-refractivity contribution in [2.24, 2.45) is 0 Å². The summed E-state index contributed by atoms with van der Waals surface area (Å²) in [6.07, 6.45) is 2.43. The summed E-state index contributed by atoms with van der Waals surface area (Å²) in [6, 6.07) is 10.7. The summed E-state index contributed by atoms with van der Waals surface area (Å²) in [5.41, 5.74) is 3.08. The minimum absolute atomic E-state index is 0.193. The van der Waals surface area contributed by atoms with Crippen LogP contribution in [-0.2, 0) is 13.0 Å². The molecule has 2 nitrogen and oxygen atoms in total. The Morgan fingerprint density at radius 1 is 1.17 bits per heavy atom.